The summed E-state index contributed by atoms with van der Waals surface area (Å²) in [6, 6.07) is 0.439. The first kappa shape index (κ1) is 18.1. The van der Waals surface area contributed by atoms with Crippen LogP contribution in [0, 0.1) is 11.8 Å². The first-order valence-corrected chi connectivity index (χ1v) is 9.62. The molecule has 3 heterocycles. The van der Waals surface area contributed by atoms with Crippen LogP contribution in [0.3, 0.4) is 0 Å². The Morgan fingerprint density at radius 3 is 2.52 bits per heavy atom. The minimum absolute atomic E-state index is 0.0861. The number of nitrogens with one attached hydrogen (secondary N) is 1. The molecule has 138 valence electrons. The molecule has 0 saturated carbocycles. The minimum atomic E-state index is 0.0861. The molecule has 6 heteroatoms. The quantitative estimate of drug-likeness (QED) is 0.885. The molecule has 0 bridgehead atoms. The lowest BCUT2D eigenvalue weighted by Crippen LogP contribution is -2.50. The van der Waals surface area contributed by atoms with Gasteiger partial charge in [-0.1, -0.05) is 20.8 Å². The van der Waals surface area contributed by atoms with E-state index in [9.17, 15) is 4.79 Å². The molecule has 1 N–H and O–H groups in total. The molecule has 3 rings (SSSR count). The summed E-state index contributed by atoms with van der Waals surface area (Å²) in [4.78, 5) is 25.5. The van der Waals surface area contributed by atoms with Gasteiger partial charge < -0.3 is 15.1 Å². The molecule has 0 radical (unpaired) electrons. The zero-order valence-electron chi connectivity index (χ0n) is 15.7. The second-order valence-electron chi connectivity index (χ2n) is 7.78. The van der Waals surface area contributed by atoms with Gasteiger partial charge >= 0.3 is 0 Å². The molecule has 2 aliphatic rings. The fraction of sp³-hybridized carbons (Fsp3) is 0.737. The molecular formula is C19H31N5O. The van der Waals surface area contributed by atoms with Crippen molar-refractivity contribution in [1.82, 2.24) is 20.2 Å². The maximum Gasteiger partial charge on any atom is 0.225 e. The number of aromatic nitrogens is 2. The van der Waals surface area contributed by atoms with Gasteiger partial charge in [-0.15, -0.1) is 0 Å². The topological polar surface area (TPSA) is 61.4 Å². The van der Waals surface area contributed by atoms with E-state index in [1.807, 2.05) is 31.1 Å². The number of carbonyl (C=O) groups excluding carboxylic acids is 1. The summed E-state index contributed by atoms with van der Waals surface area (Å²) in [6.45, 7) is 10.8. The van der Waals surface area contributed by atoms with E-state index in [1.165, 1.54) is 12.8 Å². The van der Waals surface area contributed by atoms with Crippen molar-refractivity contribution >= 4 is 11.9 Å². The third kappa shape index (κ3) is 4.48. The van der Waals surface area contributed by atoms with E-state index in [4.69, 9.17) is 0 Å². The van der Waals surface area contributed by atoms with Crippen LogP contribution in [0.4, 0.5) is 5.95 Å². The van der Waals surface area contributed by atoms with Crippen LogP contribution in [-0.2, 0) is 11.3 Å². The lowest BCUT2D eigenvalue weighted by atomic mass is 9.93. The van der Waals surface area contributed by atoms with Gasteiger partial charge in [0, 0.05) is 62.6 Å². The summed E-state index contributed by atoms with van der Waals surface area (Å²) >= 11 is 0. The van der Waals surface area contributed by atoms with Gasteiger partial charge in [-0.25, -0.2) is 9.97 Å². The van der Waals surface area contributed by atoms with Crippen molar-refractivity contribution < 1.29 is 4.79 Å². The van der Waals surface area contributed by atoms with Crippen molar-refractivity contribution in [2.24, 2.45) is 11.8 Å². The van der Waals surface area contributed by atoms with Gasteiger partial charge in [0.1, 0.15) is 0 Å². The van der Waals surface area contributed by atoms with Crippen molar-refractivity contribution in [2.45, 2.75) is 52.6 Å². The van der Waals surface area contributed by atoms with Gasteiger partial charge in [0.2, 0.25) is 11.9 Å². The van der Waals surface area contributed by atoms with Crippen LogP contribution < -0.4 is 10.2 Å². The van der Waals surface area contributed by atoms with Gasteiger partial charge in [-0.3, -0.25) is 4.79 Å². The van der Waals surface area contributed by atoms with Gasteiger partial charge in [0.25, 0.3) is 0 Å². The zero-order valence-corrected chi connectivity index (χ0v) is 15.7. The number of piperidine rings is 1. The second-order valence-corrected chi connectivity index (χ2v) is 7.78. The standard InChI is InChI=1S/C19H31N5O/c1-14(2)18(25)24-9-6-17(15(3)13-24)20-10-16-11-21-19(22-12-16)23-7-4-5-8-23/h11-12,14-15,17,20H,4-10,13H2,1-3H3. The Morgan fingerprint density at radius 2 is 1.92 bits per heavy atom. The molecule has 1 amide bonds. The number of likely N-dealkylation sites (tertiary alicyclic amines) is 1. The molecule has 6 nitrogen and oxygen atoms in total. The summed E-state index contributed by atoms with van der Waals surface area (Å²) < 4.78 is 0. The third-order valence-electron chi connectivity index (χ3n) is 5.36. The first-order chi connectivity index (χ1) is 12.0. The Balaban J connectivity index is 1.48. The molecule has 1 aromatic heterocycles. The maximum absolute atomic E-state index is 12.2. The largest absolute Gasteiger partial charge is 0.342 e. The monoisotopic (exact) mass is 345 g/mol. The van der Waals surface area contributed by atoms with Gasteiger partial charge in [0.15, 0.2) is 0 Å². The molecule has 0 spiro atoms. The fourth-order valence-electron chi connectivity index (χ4n) is 3.78. The average Bonchev–Trinajstić information content (AvgIpc) is 3.15. The zero-order chi connectivity index (χ0) is 17.8. The predicted molar refractivity (Wildman–Crippen MR) is 99.3 cm³/mol. The number of amides is 1. The van der Waals surface area contributed by atoms with E-state index in [1.54, 1.807) is 0 Å². The molecule has 2 fully saturated rings. The Morgan fingerprint density at radius 1 is 1.24 bits per heavy atom. The predicted octanol–water partition coefficient (Wildman–Crippen LogP) is 2.06. The lowest BCUT2D eigenvalue weighted by Gasteiger charge is -2.38. The van der Waals surface area contributed by atoms with E-state index >= 15 is 0 Å². The van der Waals surface area contributed by atoms with Gasteiger partial charge in [0.05, 0.1) is 0 Å². The van der Waals surface area contributed by atoms with Crippen molar-refractivity contribution in [3.05, 3.63) is 18.0 Å². The summed E-state index contributed by atoms with van der Waals surface area (Å²) in [6.07, 6.45) is 7.36. The van der Waals surface area contributed by atoms with Crippen LogP contribution >= 0.6 is 0 Å². The number of carbonyl (C=O) groups is 1. The fourth-order valence-corrected chi connectivity index (χ4v) is 3.78. The number of hydrogen-bond donors (Lipinski definition) is 1. The Bertz CT molecular complexity index is 568. The van der Waals surface area contributed by atoms with Crippen molar-refractivity contribution in [1.29, 1.82) is 0 Å². The van der Waals surface area contributed by atoms with E-state index in [2.05, 4.69) is 27.1 Å². The Kier molecular flexibility index (Phi) is 5.89. The SMILES string of the molecule is CC(C)C(=O)N1CCC(NCc2cnc(N3CCCC3)nc2)C(C)C1. The number of hydrogen-bond acceptors (Lipinski definition) is 5. The molecule has 2 aliphatic heterocycles. The summed E-state index contributed by atoms with van der Waals surface area (Å²) in [7, 11) is 0. The van der Waals surface area contributed by atoms with Gasteiger partial charge in [-0.2, -0.15) is 0 Å². The summed E-state index contributed by atoms with van der Waals surface area (Å²) in [5.41, 5.74) is 1.12. The highest BCUT2D eigenvalue weighted by Gasteiger charge is 2.29. The highest BCUT2D eigenvalue weighted by molar-refractivity contribution is 5.78. The number of rotatable bonds is 5. The van der Waals surface area contributed by atoms with E-state index < -0.39 is 0 Å². The second kappa shape index (κ2) is 8.13. The maximum atomic E-state index is 12.2. The minimum Gasteiger partial charge on any atom is -0.342 e. The highest BCUT2D eigenvalue weighted by Crippen LogP contribution is 2.19. The molecule has 0 aliphatic carbocycles. The molecule has 2 unspecified atom stereocenters. The first-order valence-electron chi connectivity index (χ1n) is 9.62. The Hall–Kier alpha value is -1.69. The van der Waals surface area contributed by atoms with Crippen LogP contribution in [0.1, 0.15) is 45.6 Å². The Labute approximate surface area is 151 Å². The van der Waals surface area contributed by atoms with Crippen LogP contribution in [0.15, 0.2) is 12.4 Å². The van der Waals surface area contributed by atoms with E-state index in [-0.39, 0.29) is 11.8 Å². The van der Waals surface area contributed by atoms with E-state index in [0.717, 1.165) is 50.7 Å². The van der Waals surface area contributed by atoms with Gasteiger partial charge in [-0.05, 0) is 25.2 Å². The number of anilines is 1. The van der Waals surface area contributed by atoms with Crippen LogP contribution in [-0.4, -0.2) is 53.0 Å². The molecule has 1 aromatic rings. The van der Waals surface area contributed by atoms with Crippen molar-refractivity contribution in [2.75, 3.05) is 31.1 Å². The van der Waals surface area contributed by atoms with E-state index in [0.29, 0.717) is 12.0 Å². The smallest absolute Gasteiger partial charge is 0.225 e. The molecule has 0 aromatic carbocycles. The summed E-state index contributed by atoms with van der Waals surface area (Å²) in [5, 5.41) is 3.63. The third-order valence-corrected chi connectivity index (χ3v) is 5.36. The van der Waals surface area contributed by atoms with Crippen LogP contribution in [0.25, 0.3) is 0 Å². The lowest BCUT2D eigenvalue weighted by molar-refractivity contribution is -0.136. The van der Waals surface area contributed by atoms with Crippen molar-refractivity contribution in [3.8, 4) is 0 Å². The van der Waals surface area contributed by atoms with Crippen LogP contribution in [0.5, 0.6) is 0 Å². The summed E-state index contributed by atoms with van der Waals surface area (Å²) in [5.74, 6) is 1.68. The molecule has 25 heavy (non-hydrogen) atoms. The highest BCUT2D eigenvalue weighted by atomic mass is 16.2. The number of nitrogens with zero attached hydrogens (tertiary/aromatic N) is 4. The molecular weight excluding hydrogens is 314 g/mol. The normalized spacial score (nSPS) is 24.2. The van der Waals surface area contributed by atoms with Crippen LogP contribution in [0.2, 0.25) is 0 Å². The molecule has 2 atom stereocenters. The van der Waals surface area contributed by atoms with Crippen molar-refractivity contribution in [3.63, 3.8) is 0 Å². The molecule has 2 saturated heterocycles. The average molecular weight is 345 g/mol.